The molecule has 0 atom stereocenters. The first-order valence-corrected chi connectivity index (χ1v) is 3.00. The zero-order chi connectivity index (χ0) is 6.69. The molecule has 0 aliphatic heterocycles. The third kappa shape index (κ3) is 1.83. The summed E-state index contributed by atoms with van der Waals surface area (Å²) in [4.78, 5) is 0. The van der Waals surface area contributed by atoms with Crippen LogP contribution in [0.25, 0.3) is 0 Å². The molecule has 0 aliphatic rings. The van der Waals surface area contributed by atoms with Crippen molar-refractivity contribution in [3.63, 3.8) is 0 Å². The van der Waals surface area contributed by atoms with Crippen molar-refractivity contribution >= 4 is 0 Å². The first-order chi connectivity index (χ1) is 4.34. The van der Waals surface area contributed by atoms with Crippen LogP contribution in [0.2, 0.25) is 0 Å². The highest BCUT2D eigenvalue weighted by Gasteiger charge is 1.90. The van der Waals surface area contributed by atoms with E-state index in [0.29, 0.717) is 0 Å². The molecule has 0 aliphatic carbocycles. The van der Waals surface area contributed by atoms with E-state index in [4.69, 9.17) is 5.11 Å². The van der Waals surface area contributed by atoms with Crippen molar-refractivity contribution in [1.82, 2.24) is 6.15 Å². The van der Waals surface area contributed by atoms with Gasteiger partial charge in [0.25, 0.3) is 0 Å². The molecule has 0 unspecified atom stereocenters. The van der Waals surface area contributed by atoms with Gasteiger partial charge in [-0.15, -0.1) is 0 Å². The van der Waals surface area contributed by atoms with Crippen molar-refractivity contribution in [2.75, 3.05) is 0 Å². The summed E-state index contributed by atoms with van der Waals surface area (Å²) < 4.78 is 0. The molecule has 1 aromatic carbocycles. The number of aryl methyl sites for hydroxylation is 1. The lowest BCUT2D eigenvalue weighted by Gasteiger charge is -1.97. The van der Waals surface area contributed by atoms with E-state index in [9.17, 15) is 0 Å². The molecule has 4 N–H and O–H groups in total. The van der Waals surface area contributed by atoms with Gasteiger partial charge in [0.05, 0.1) is 6.61 Å². The topological polar surface area (TPSA) is 55.2 Å². The molecule has 10 heavy (non-hydrogen) atoms. The molecule has 1 rings (SSSR count). The second-order valence-electron chi connectivity index (χ2n) is 2.08. The minimum absolute atomic E-state index is 0. The molecule has 0 spiro atoms. The van der Waals surface area contributed by atoms with E-state index in [2.05, 4.69) is 0 Å². The van der Waals surface area contributed by atoms with Gasteiger partial charge in [-0.2, -0.15) is 0 Å². The Morgan fingerprint density at radius 2 is 1.90 bits per heavy atom. The fraction of sp³-hybridized carbons (Fsp3) is 0.250. The van der Waals surface area contributed by atoms with Gasteiger partial charge < -0.3 is 11.3 Å². The lowest BCUT2D eigenvalue weighted by Crippen LogP contribution is -1.85. The molecule has 0 radical (unpaired) electrons. The van der Waals surface area contributed by atoms with Crippen LogP contribution >= 0.6 is 0 Å². The van der Waals surface area contributed by atoms with E-state index in [-0.39, 0.29) is 12.8 Å². The Bertz CT molecular complexity index is 198. The molecule has 0 saturated heterocycles. The normalized spacial score (nSPS) is 8.60. The summed E-state index contributed by atoms with van der Waals surface area (Å²) in [6.07, 6.45) is 0. The molecule has 0 aromatic heterocycles. The summed E-state index contributed by atoms with van der Waals surface area (Å²) in [5.74, 6) is 0. The van der Waals surface area contributed by atoms with Gasteiger partial charge in [-0.05, 0) is 18.1 Å². The van der Waals surface area contributed by atoms with Crippen molar-refractivity contribution in [2.45, 2.75) is 13.5 Å². The van der Waals surface area contributed by atoms with E-state index >= 15 is 0 Å². The van der Waals surface area contributed by atoms with E-state index < -0.39 is 0 Å². The molecule has 1 aromatic rings. The van der Waals surface area contributed by atoms with Gasteiger partial charge in [0.1, 0.15) is 0 Å². The number of hydrogen-bond acceptors (Lipinski definition) is 2. The zero-order valence-corrected chi connectivity index (χ0v) is 6.17. The molecule has 2 heteroatoms. The van der Waals surface area contributed by atoms with Crippen molar-refractivity contribution in [2.24, 2.45) is 0 Å². The maximum atomic E-state index is 8.72. The zero-order valence-electron chi connectivity index (χ0n) is 6.17. The van der Waals surface area contributed by atoms with Crippen LogP contribution in [0, 0.1) is 6.92 Å². The lowest BCUT2D eigenvalue weighted by molar-refractivity contribution is 0.281. The highest BCUT2D eigenvalue weighted by Crippen LogP contribution is 2.05. The molecule has 0 fully saturated rings. The summed E-state index contributed by atoms with van der Waals surface area (Å²) in [5, 5.41) is 8.72. The van der Waals surface area contributed by atoms with E-state index in [1.54, 1.807) is 0 Å². The average molecular weight is 139 g/mol. The molecular formula is C8H13NO. The van der Waals surface area contributed by atoms with Gasteiger partial charge >= 0.3 is 0 Å². The smallest absolute Gasteiger partial charge is 0.0684 e. The minimum Gasteiger partial charge on any atom is -0.392 e. The Kier molecular flexibility index (Phi) is 3.69. The van der Waals surface area contributed by atoms with Crippen LogP contribution in [0.3, 0.4) is 0 Å². The summed E-state index contributed by atoms with van der Waals surface area (Å²) in [5.41, 5.74) is 2.16. The van der Waals surface area contributed by atoms with Crippen LogP contribution in [-0.4, -0.2) is 5.11 Å². The Labute approximate surface area is 61.1 Å². The van der Waals surface area contributed by atoms with E-state index in [0.717, 1.165) is 11.1 Å². The highest BCUT2D eigenvalue weighted by molar-refractivity contribution is 5.24. The van der Waals surface area contributed by atoms with Crippen molar-refractivity contribution in [1.29, 1.82) is 0 Å². The maximum absolute atomic E-state index is 8.72. The SMILES string of the molecule is Cc1ccccc1CO.N. The van der Waals surface area contributed by atoms with Gasteiger partial charge in [0.15, 0.2) is 0 Å². The van der Waals surface area contributed by atoms with Crippen LogP contribution in [0.15, 0.2) is 24.3 Å². The van der Waals surface area contributed by atoms with Gasteiger partial charge in [-0.3, -0.25) is 0 Å². The Hall–Kier alpha value is -0.860. The monoisotopic (exact) mass is 139 g/mol. The summed E-state index contributed by atoms with van der Waals surface area (Å²) in [6.45, 7) is 2.14. The predicted molar refractivity (Wildman–Crippen MR) is 42.1 cm³/mol. The van der Waals surface area contributed by atoms with Gasteiger partial charge in [-0.1, -0.05) is 24.3 Å². The summed E-state index contributed by atoms with van der Waals surface area (Å²) in [7, 11) is 0. The summed E-state index contributed by atoms with van der Waals surface area (Å²) >= 11 is 0. The molecule has 0 amide bonds. The number of hydrogen-bond donors (Lipinski definition) is 2. The predicted octanol–water partition coefficient (Wildman–Crippen LogP) is 1.65. The Morgan fingerprint density at radius 3 is 2.30 bits per heavy atom. The van der Waals surface area contributed by atoms with Crippen LogP contribution in [0.4, 0.5) is 0 Å². The Balaban J connectivity index is 0.000000810. The van der Waals surface area contributed by atoms with Gasteiger partial charge in [0.2, 0.25) is 0 Å². The molecule has 0 saturated carbocycles. The van der Waals surface area contributed by atoms with E-state index in [1.165, 1.54) is 0 Å². The Morgan fingerprint density at radius 1 is 1.30 bits per heavy atom. The third-order valence-electron chi connectivity index (χ3n) is 1.43. The minimum atomic E-state index is 0. The quantitative estimate of drug-likeness (QED) is 0.621. The van der Waals surface area contributed by atoms with Gasteiger partial charge in [0, 0.05) is 0 Å². The fourth-order valence-corrected chi connectivity index (χ4v) is 0.787. The van der Waals surface area contributed by atoms with Crippen LogP contribution < -0.4 is 6.15 Å². The second kappa shape index (κ2) is 4.04. The number of benzene rings is 1. The second-order valence-corrected chi connectivity index (χ2v) is 2.08. The molecule has 0 bridgehead atoms. The number of rotatable bonds is 1. The average Bonchev–Trinajstić information content (AvgIpc) is 1.89. The third-order valence-corrected chi connectivity index (χ3v) is 1.43. The van der Waals surface area contributed by atoms with Crippen molar-refractivity contribution in [3.05, 3.63) is 35.4 Å². The fourth-order valence-electron chi connectivity index (χ4n) is 0.787. The largest absolute Gasteiger partial charge is 0.392 e. The highest BCUT2D eigenvalue weighted by atomic mass is 16.3. The molecule has 2 nitrogen and oxygen atoms in total. The van der Waals surface area contributed by atoms with Crippen LogP contribution in [0.5, 0.6) is 0 Å². The first-order valence-electron chi connectivity index (χ1n) is 3.00. The molecule has 56 valence electrons. The number of aliphatic hydroxyl groups excluding tert-OH is 1. The molecular weight excluding hydrogens is 126 g/mol. The standard InChI is InChI=1S/C8H10O.H3N/c1-7-4-2-3-5-8(7)6-9;/h2-5,9H,6H2,1H3;1H3. The van der Waals surface area contributed by atoms with Crippen molar-refractivity contribution < 1.29 is 5.11 Å². The van der Waals surface area contributed by atoms with Crippen molar-refractivity contribution in [3.8, 4) is 0 Å². The first kappa shape index (κ1) is 9.14. The molecule has 0 heterocycles. The lowest BCUT2D eigenvalue weighted by atomic mass is 10.1. The van der Waals surface area contributed by atoms with Crippen LogP contribution in [0.1, 0.15) is 11.1 Å². The maximum Gasteiger partial charge on any atom is 0.0684 e. The van der Waals surface area contributed by atoms with E-state index in [1.807, 2.05) is 31.2 Å². The number of aliphatic hydroxyl groups is 1. The van der Waals surface area contributed by atoms with Gasteiger partial charge in [-0.25, -0.2) is 0 Å². The summed E-state index contributed by atoms with van der Waals surface area (Å²) in [6, 6.07) is 7.81. The van der Waals surface area contributed by atoms with Crippen LogP contribution in [-0.2, 0) is 6.61 Å².